The third kappa shape index (κ3) is 3.35. The van der Waals surface area contributed by atoms with Crippen LogP contribution in [0.4, 0.5) is 0 Å². The molecule has 104 valence electrons. The fraction of sp³-hybridized carbons (Fsp3) is 0.538. The Labute approximate surface area is 111 Å². The van der Waals surface area contributed by atoms with Gasteiger partial charge in [0, 0.05) is 20.1 Å². The number of rotatable bonds is 5. The van der Waals surface area contributed by atoms with Gasteiger partial charge in [0.1, 0.15) is 0 Å². The second kappa shape index (κ2) is 5.88. The Bertz CT molecular complexity index is 463. The minimum atomic E-state index is -1.17. The Kier molecular flexibility index (Phi) is 4.21. The van der Waals surface area contributed by atoms with Gasteiger partial charge in [-0.2, -0.15) is 0 Å². The van der Waals surface area contributed by atoms with Crippen LogP contribution in [0.25, 0.3) is 0 Å². The first-order chi connectivity index (χ1) is 9.08. The van der Waals surface area contributed by atoms with E-state index < -0.39 is 5.97 Å². The van der Waals surface area contributed by atoms with Gasteiger partial charge >= 0.3 is 5.97 Å². The molecule has 0 bridgehead atoms. The zero-order chi connectivity index (χ0) is 13.8. The summed E-state index contributed by atoms with van der Waals surface area (Å²) in [5.41, 5.74) is 0. The van der Waals surface area contributed by atoms with Gasteiger partial charge < -0.3 is 19.3 Å². The van der Waals surface area contributed by atoms with E-state index in [-0.39, 0.29) is 17.4 Å². The molecule has 2 heterocycles. The molecule has 6 heteroatoms. The van der Waals surface area contributed by atoms with Gasteiger partial charge in [0.2, 0.25) is 5.76 Å². The summed E-state index contributed by atoms with van der Waals surface area (Å²) in [7, 11) is 1.70. The lowest BCUT2D eigenvalue weighted by Crippen LogP contribution is -2.35. The molecule has 1 amide bonds. The molecule has 1 fully saturated rings. The molecule has 1 aromatic rings. The van der Waals surface area contributed by atoms with Crippen LogP contribution in [0, 0.1) is 0 Å². The first-order valence-corrected chi connectivity index (χ1v) is 6.39. The molecule has 0 radical (unpaired) electrons. The van der Waals surface area contributed by atoms with E-state index in [0.29, 0.717) is 6.54 Å². The molecule has 0 aliphatic carbocycles. The molecule has 1 aliphatic heterocycles. The van der Waals surface area contributed by atoms with Crippen molar-refractivity contribution in [3.8, 4) is 0 Å². The van der Waals surface area contributed by atoms with E-state index in [1.807, 2.05) is 0 Å². The lowest BCUT2D eigenvalue weighted by atomic mass is 10.3. The fourth-order valence-electron chi connectivity index (χ4n) is 2.16. The van der Waals surface area contributed by atoms with Crippen LogP contribution in [-0.4, -0.2) is 60.0 Å². The number of likely N-dealkylation sites (tertiary alicyclic amines) is 1. The first kappa shape index (κ1) is 13.6. The molecule has 19 heavy (non-hydrogen) atoms. The molecular formula is C13H18N2O4. The van der Waals surface area contributed by atoms with Crippen molar-refractivity contribution in [2.45, 2.75) is 12.8 Å². The van der Waals surface area contributed by atoms with Gasteiger partial charge in [-0.15, -0.1) is 0 Å². The maximum Gasteiger partial charge on any atom is 0.371 e. The summed E-state index contributed by atoms with van der Waals surface area (Å²) in [5.74, 6) is -1.59. The highest BCUT2D eigenvalue weighted by molar-refractivity contribution is 5.93. The summed E-state index contributed by atoms with van der Waals surface area (Å²) in [6.45, 7) is 3.63. The molecular weight excluding hydrogens is 248 g/mol. The van der Waals surface area contributed by atoms with E-state index in [0.717, 1.165) is 19.6 Å². The van der Waals surface area contributed by atoms with Gasteiger partial charge in [-0.1, -0.05) is 0 Å². The molecule has 0 aromatic carbocycles. The lowest BCUT2D eigenvalue weighted by Gasteiger charge is -2.20. The molecule has 0 saturated carbocycles. The standard InChI is InChI=1S/C13H18N2O4/c1-14(8-9-15-6-2-3-7-15)12(16)10-4-5-11(19-10)13(17)18/h4-5H,2-3,6-9H2,1H3,(H,17,18). The number of hydrogen-bond acceptors (Lipinski definition) is 4. The number of carbonyl (C=O) groups excluding carboxylic acids is 1. The Hall–Kier alpha value is -1.82. The number of likely N-dealkylation sites (N-methyl/N-ethyl adjacent to an activating group) is 1. The van der Waals surface area contributed by atoms with Crippen LogP contribution in [-0.2, 0) is 0 Å². The van der Waals surface area contributed by atoms with Gasteiger partial charge in [-0.3, -0.25) is 4.79 Å². The highest BCUT2D eigenvalue weighted by Gasteiger charge is 2.19. The molecule has 0 spiro atoms. The predicted octanol–water partition coefficient (Wildman–Crippen LogP) is 1.15. The number of hydrogen-bond donors (Lipinski definition) is 1. The van der Waals surface area contributed by atoms with Crippen molar-refractivity contribution in [3.63, 3.8) is 0 Å². The smallest absolute Gasteiger partial charge is 0.371 e. The monoisotopic (exact) mass is 266 g/mol. The number of carbonyl (C=O) groups is 2. The van der Waals surface area contributed by atoms with Gasteiger partial charge in [-0.25, -0.2) is 4.79 Å². The number of furan rings is 1. The topological polar surface area (TPSA) is 74.0 Å². The van der Waals surface area contributed by atoms with Crippen molar-refractivity contribution in [2.24, 2.45) is 0 Å². The third-order valence-corrected chi connectivity index (χ3v) is 3.32. The van der Waals surface area contributed by atoms with Crippen LogP contribution in [0.3, 0.4) is 0 Å². The number of nitrogens with zero attached hydrogens (tertiary/aromatic N) is 2. The quantitative estimate of drug-likeness (QED) is 0.865. The molecule has 2 rings (SSSR count). The molecule has 1 N–H and O–H groups in total. The van der Waals surface area contributed by atoms with Crippen molar-refractivity contribution in [1.82, 2.24) is 9.80 Å². The van der Waals surface area contributed by atoms with Gasteiger partial charge in [0.15, 0.2) is 5.76 Å². The molecule has 6 nitrogen and oxygen atoms in total. The number of aromatic carboxylic acids is 1. The van der Waals surface area contributed by atoms with Crippen molar-refractivity contribution >= 4 is 11.9 Å². The summed E-state index contributed by atoms with van der Waals surface area (Å²) in [4.78, 5) is 26.6. The first-order valence-electron chi connectivity index (χ1n) is 6.39. The van der Waals surface area contributed by atoms with Crippen LogP contribution < -0.4 is 0 Å². The molecule has 1 aliphatic rings. The Morgan fingerprint density at radius 1 is 1.32 bits per heavy atom. The fourth-order valence-corrected chi connectivity index (χ4v) is 2.16. The Balaban J connectivity index is 1.88. The molecule has 0 unspecified atom stereocenters. The minimum Gasteiger partial charge on any atom is -0.475 e. The third-order valence-electron chi connectivity index (χ3n) is 3.32. The average Bonchev–Trinajstić information content (AvgIpc) is 3.05. The Morgan fingerprint density at radius 2 is 1.95 bits per heavy atom. The van der Waals surface area contributed by atoms with Gasteiger partial charge in [-0.05, 0) is 38.1 Å². The second-order valence-corrected chi connectivity index (χ2v) is 4.74. The SMILES string of the molecule is CN(CCN1CCCC1)C(=O)c1ccc(C(=O)O)o1. The normalized spacial score (nSPS) is 15.6. The molecule has 0 atom stereocenters. The minimum absolute atomic E-state index is 0.0707. The summed E-state index contributed by atoms with van der Waals surface area (Å²) < 4.78 is 5.00. The summed E-state index contributed by atoms with van der Waals surface area (Å²) in [6, 6.07) is 2.70. The zero-order valence-corrected chi connectivity index (χ0v) is 11.0. The van der Waals surface area contributed by atoms with E-state index in [4.69, 9.17) is 9.52 Å². The zero-order valence-electron chi connectivity index (χ0n) is 11.0. The number of carboxylic acids is 1. The maximum absolute atomic E-state index is 12.0. The lowest BCUT2D eigenvalue weighted by molar-refractivity contribution is 0.0653. The van der Waals surface area contributed by atoms with E-state index in [1.54, 1.807) is 11.9 Å². The van der Waals surface area contributed by atoms with Crippen molar-refractivity contribution in [2.75, 3.05) is 33.2 Å². The van der Waals surface area contributed by atoms with Crippen molar-refractivity contribution in [1.29, 1.82) is 0 Å². The van der Waals surface area contributed by atoms with E-state index in [9.17, 15) is 9.59 Å². The highest BCUT2D eigenvalue weighted by atomic mass is 16.4. The largest absolute Gasteiger partial charge is 0.475 e. The Morgan fingerprint density at radius 3 is 2.53 bits per heavy atom. The molecule has 1 saturated heterocycles. The maximum atomic E-state index is 12.0. The van der Waals surface area contributed by atoms with E-state index >= 15 is 0 Å². The summed E-state index contributed by atoms with van der Waals surface area (Å²) in [6.07, 6.45) is 2.44. The van der Waals surface area contributed by atoms with E-state index in [2.05, 4.69) is 4.90 Å². The van der Waals surface area contributed by atoms with Crippen LogP contribution in [0.5, 0.6) is 0 Å². The number of amides is 1. The summed E-state index contributed by atoms with van der Waals surface area (Å²) in [5, 5.41) is 8.74. The van der Waals surface area contributed by atoms with Crippen LogP contribution in [0.15, 0.2) is 16.5 Å². The van der Waals surface area contributed by atoms with Gasteiger partial charge in [0.25, 0.3) is 5.91 Å². The van der Waals surface area contributed by atoms with Crippen molar-refractivity contribution < 1.29 is 19.1 Å². The second-order valence-electron chi connectivity index (χ2n) is 4.74. The van der Waals surface area contributed by atoms with E-state index in [1.165, 1.54) is 25.0 Å². The predicted molar refractivity (Wildman–Crippen MR) is 68.3 cm³/mol. The van der Waals surface area contributed by atoms with Crippen LogP contribution >= 0.6 is 0 Å². The van der Waals surface area contributed by atoms with Gasteiger partial charge in [0.05, 0.1) is 0 Å². The number of carboxylic acid groups (broad SMARTS) is 1. The van der Waals surface area contributed by atoms with Crippen molar-refractivity contribution in [3.05, 3.63) is 23.7 Å². The summed E-state index contributed by atoms with van der Waals surface area (Å²) >= 11 is 0. The van der Waals surface area contributed by atoms with Crippen LogP contribution in [0.1, 0.15) is 34.0 Å². The van der Waals surface area contributed by atoms with Crippen LogP contribution in [0.2, 0.25) is 0 Å². The average molecular weight is 266 g/mol. The molecule has 1 aromatic heterocycles. The highest BCUT2D eigenvalue weighted by Crippen LogP contribution is 2.11.